The summed E-state index contributed by atoms with van der Waals surface area (Å²) in [6, 6.07) is 1.80. The van der Waals surface area contributed by atoms with Crippen molar-refractivity contribution >= 4 is 5.91 Å². The highest BCUT2D eigenvalue weighted by molar-refractivity contribution is 5.95. The van der Waals surface area contributed by atoms with Gasteiger partial charge < -0.3 is 0 Å². The van der Waals surface area contributed by atoms with E-state index in [1.165, 1.54) is 10.9 Å². The summed E-state index contributed by atoms with van der Waals surface area (Å²) in [5.74, 6) is -0.112. The molecule has 0 aliphatic carbocycles. The molecule has 0 radical (unpaired) electrons. The van der Waals surface area contributed by atoms with E-state index in [-0.39, 0.29) is 5.91 Å². The highest BCUT2D eigenvalue weighted by Gasteiger charge is 2.07. The Bertz CT molecular complexity index is 448. The van der Waals surface area contributed by atoms with E-state index in [1.807, 2.05) is 6.92 Å². The van der Waals surface area contributed by atoms with E-state index in [0.717, 1.165) is 5.56 Å². The lowest BCUT2D eigenvalue weighted by molar-refractivity contribution is 0.0959. The van der Waals surface area contributed by atoms with Crippen molar-refractivity contribution in [1.82, 2.24) is 14.5 Å². The lowest BCUT2D eigenvalue weighted by atomic mass is 10.2. The first kappa shape index (κ1) is 8.62. The van der Waals surface area contributed by atoms with Crippen LogP contribution in [0.3, 0.4) is 0 Å². The number of imidazole rings is 1. The van der Waals surface area contributed by atoms with Crippen molar-refractivity contribution in [3.8, 4) is 0 Å². The van der Waals surface area contributed by atoms with E-state index in [2.05, 4.69) is 9.97 Å². The Morgan fingerprint density at radius 3 is 2.86 bits per heavy atom. The monoisotopic (exact) mass is 187 g/mol. The van der Waals surface area contributed by atoms with Crippen LogP contribution in [0, 0.1) is 6.92 Å². The standard InChI is InChI=1S/C10H9N3O/c1-8-4-9(6-12-5-8)10(14)13-3-2-11-7-13/h2-7H,1H3. The smallest absolute Gasteiger partial charge is 0.264 e. The van der Waals surface area contributed by atoms with Gasteiger partial charge in [0, 0.05) is 24.8 Å². The molecular weight excluding hydrogens is 178 g/mol. The van der Waals surface area contributed by atoms with Gasteiger partial charge in [-0.2, -0.15) is 0 Å². The molecule has 0 N–H and O–H groups in total. The van der Waals surface area contributed by atoms with E-state index < -0.39 is 0 Å². The average molecular weight is 187 g/mol. The predicted molar refractivity (Wildman–Crippen MR) is 50.9 cm³/mol. The maximum absolute atomic E-state index is 11.7. The van der Waals surface area contributed by atoms with E-state index in [4.69, 9.17) is 0 Å². The summed E-state index contributed by atoms with van der Waals surface area (Å²) in [4.78, 5) is 19.5. The lowest BCUT2D eigenvalue weighted by Crippen LogP contribution is -2.10. The van der Waals surface area contributed by atoms with Gasteiger partial charge >= 0.3 is 0 Å². The van der Waals surface area contributed by atoms with Crippen molar-refractivity contribution in [3.05, 3.63) is 48.3 Å². The molecule has 14 heavy (non-hydrogen) atoms. The molecule has 2 aromatic rings. The van der Waals surface area contributed by atoms with Gasteiger partial charge in [0.2, 0.25) is 0 Å². The van der Waals surface area contributed by atoms with Gasteiger partial charge in [0.1, 0.15) is 6.33 Å². The molecule has 4 nitrogen and oxygen atoms in total. The lowest BCUT2D eigenvalue weighted by Gasteiger charge is -2.00. The number of hydrogen-bond acceptors (Lipinski definition) is 3. The van der Waals surface area contributed by atoms with Crippen LogP contribution in [0.25, 0.3) is 0 Å². The second-order valence-corrected chi connectivity index (χ2v) is 3.03. The molecule has 70 valence electrons. The van der Waals surface area contributed by atoms with Crippen LogP contribution in [0.4, 0.5) is 0 Å². The van der Waals surface area contributed by atoms with Gasteiger partial charge in [0.05, 0.1) is 5.56 Å². The third-order valence-electron chi connectivity index (χ3n) is 1.86. The van der Waals surface area contributed by atoms with Crippen molar-refractivity contribution in [2.75, 3.05) is 0 Å². The molecule has 0 bridgehead atoms. The number of aryl methyl sites for hydroxylation is 1. The zero-order valence-corrected chi connectivity index (χ0v) is 7.71. The summed E-state index contributed by atoms with van der Waals surface area (Å²) >= 11 is 0. The molecule has 0 unspecified atom stereocenters. The molecule has 2 aromatic heterocycles. The van der Waals surface area contributed by atoms with Gasteiger partial charge in [-0.3, -0.25) is 14.3 Å². The summed E-state index contributed by atoms with van der Waals surface area (Å²) in [6.07, 6.45) is 7.93. The molecule has 0 aromatic carbocycles. The average Bonchev–Trinajstić information content (AvgIpc) is 2.69. The van der Waals surface area contributed by atoms with Gasteiger partial charge in [-0.25, -0.2) is 4.98 Å². The zero-order chi connectivity index (χ0) is 9.97. The molecule has 0 atom stereocenters. The molecular formula is C10H9N3O. The van der Waals surface area contributed by atoms with Gasteiger partial charge in [-0.15, -0.1) is 0 Å². The van der Waals surface area contributed by atoms with Crippen LogP contribution in [0.2, 0.25) is 0 Å². The first-order valence-electron chi connectivity index (χ1n) is 4.21. The van der Waals surface area contributed by atoms with Gasteiger partial charge in [-0.05, 0) is 18.6 Å². The zero-order valence-electron chi connectivity index (χ0n) is 7.71. The largest absolute Gasteiger partial charge is 0.272 e. The minimum Gasteiger partial charge on any atom is -0.272 e. The van der Waals surface area contributed by atoms with Crippen LogP contribution in [-0.2, 0) is 0 Å². The quantitative estimate of drug-likeness (QED) is 0.675. The molecule has 0 aliphatic rings. The van der Waals surface area contributed by atoms with E-state index >= 15 is 0 Å². The third kappa shape index (κ3) is 1.54. The molecule has 4 heteroatoms. The molecule has 0 aliphatic heterocycles. The van der Waals surface area contributed by atoms with Gasteiger partial charge in [-0.1, -0.05) is 0 Å². The fourth-order valence-electron chi connectivity index (χ4n) is 1.20. The number of pyridine rings is 1. The molecule has 0 fully saturated rings. The van der Waals surface area contributed by atoms with Crippen molar-refractivity contribution in [1.29, 1.82) is 0 Å². The van der Waals surface area contributed by atoms with Crippen molar-refractivity contribution < 1.29 is 4.79 Å². The predicted octanol–water partition coefficient (Wildman–Crippen LogP) is 1.28. The van der Waals surface area contributed by atoms with Crippen LogP contribution in [0.15, 0.2) is 37.2 Å². The first-order valence-corrected chi connectivity index (χ1v) is 4.21. The molecule has 0 saturated carbocycles. The van der Waals surface area contributed by atoms with Crippen LogP contribution in [-0.4, -0.2) is 20.4 Å². The number of hydrogen-bond donors (Lipinski definition) is 0. The minimum atomic E-state index is -0.112. The van der Waals surface area contributed by atoms with Crippen molar-refractivity contribution in [3.63, 3.8) is 0 Å². The van der Waals surface area contributed by atoms with E-state index in [1.54, 1.807) is 30.9 Å². The molecule has 0 amide bonds. The van der Waals surface area contributed by atoms with Crippen LogP contribution < -0.4 is 0 Å². The van der Waals surface area contributed by atoms with Crippen molar-refractivity contribution in [2.24, 2.45) is 0 Å². The first-order chi connectivity index (χ1) is 6.77. The topological polar surface area (TPSA) is 47.8 Å². The highest BCUT2D eigenvalue weighted by Crippen LogP contribution is 2.03. The molecule has 0 saturated heterocycles. The maximum atomic E-state index is 11.7. The van der Waals surface area contributed by atoms with Crippen LogP contribution >= 0.6 is 0 Å². The van der Waals surface area contributed by atoms with E-state index in [9.17, 15) is 4.79 Å². The molecule has 2 heterocycles. The summed E-state index contributed by atoms with van der Waals surface area (Å²) in [5, 5.41) is 0. The highest BCUT2D eigenvalue weighted by atomic mass is 16.2. The third-order valence-corrected chi connectivity index (χ3v) is 1.86. The SMILES string of the molecule is Cc1cncc(C(=O)n2ccnc2)c1. The minimum absolute atomic E-state index is 0.112. The van der Waals surface area contributed by atoms with Crippen LogP contribution in [0.5, 0.6) is 0 Å². The van der Waals surface area contributed by atoms with Gasteiger partial charge in [0.25, 0.3) is 5.91 Å². The summed E-state index contributed by atoms with van der Waals surface area (Å²) < 4.78 is 1.43. The van der Waals surface area contributed by atoms with Gasteiger partial charge in [0.15, 0.2) is 0 Å². The Morgan fingerprint density at radius 1 is 1.36 bits per heavy atom. The Morgan fingerprint density at radius 2 is 2.21 bits per heavy atom. The van der Waals surface area contributed by atoms with Crippen LogP contribution in [0.1, 0.15) is 15.9 Å². The number of rotatable bonds is 1. The normalized spacial score (nSPS) is 10.1. The number of nitrogens with zero attached hydrogens (tertiary/aromatic N) is 3. The molecule has 2 rings (SSSR count). The fourth-order valence-corrected chi connectivity index (χ4v) is 1.20. The Labute approximate surface area is 81.2 Å². The maximum Gasteiger partial charge on any atom is 0.264 e. The number of aromatic nitrogens is 3. The van der Waals surface area contributed by atoms with Crippen molar-refractivity contribution in [2.45, 2.75) is 6.92 Å². The Hall–Kier alpha value is -1.97. The second kappa shape index (κ2) is 3.41. The number of carbonyl (C=O) groups excluding carboxylic acids is 1. The Balaban J connectivity index is 2.37. The summed E-state index contributed by atoms with van der Waals surface area (Å²) in [7, 11) is 0. The number of carbonyl (C=O) groups is 1. The van der Waals surface area contributed by atoms with E-state index in [0.29, 0.717) is 5.56 Å². The summed E-state index contributed by atoms with van der Waals surface area (Å²) in [6.45, 7) is 1.90. The summed E-state index contributed by atoms with van der Waals surface area (Å²) in [5.41, 5.74) is 1.54. The fraction of sp³-hybridized carbons (Fsp3) is 0.100. The molecule has 0 spiro atoms. The second-order valence-electron chi connectivity index (χ2n) is 3.03. The Kier molecular flexibility index (Phi) is 2.10.